The summed E-state index contributed by atoms with van der Waals surface area (Å²) in [6, 6.07) is 8.08. The predicted molar refractivity (Wildman–Crippen MR) is 103 cm³/mol. The van der Waals surface area contributed by atoms with E-state index in [1.54, 1.807) is 41.9 Å². The summed E-state index contributed by atoms with van der Waals surface area (Å²) in [5.41, 5.74) is 0.644. The highest BCUT2D eigenvalue weighted by Gasteiger charge is 2.44. The Kier molecular flexibility index (Phi) is 6.03. The summed E-state index contributed by atoms with van der Waals surface area (Å²) in [5, 5.41) is 12.3. The van der Waals surface area contributed by atoms with Gasteiger partial charge in [0.15, 0.2) is 5.76 Å². The number of nitrogens with zero attached hydrogens (tertiary/aromatic N) is 2. The van der Waals surface area contributed by atoms with Crippen LogP contribution in [0.3, 0.4) is 0 Å². The number of carbonyl (C=O) groups is 2. The summed E-state index contributed by atoms with van der Waals surface area (Å²) < 4.78 is 5.54. The summed E-state index contributed by atoms with van der Waals surface area (Å²) in [6.07, 6.45) is 2.32. The highest BCUT2D eigenvalue weighted by Crippen LogP contribution is 2.38. The van der Waals surface area contributed by atoms with Gasteiger partial charge in [-0.3, -0.25) is 14.6 Å². The molecule has 0 fully saturated rings. The molecular formula is C20H22N2O4S. The average molecular weight is 386 g/mol. The van der Waals surface area contributed by atoms with Crippen LogP contribution >= 0.6 is 11.3 Å². The van der Waals surface area contributed by atoms with Crippen LogP contribution in [0.2, 0.25) is 0 Å². The van der Waals surface area contributed by atoms with Crippen LogP contribution in [0, 0.1) is 0 Å². The van der Waals surface area contributed by atoms with Crippen LogP contribution in [0.15, 0.2) is 53.2 Å². The molecule has 1 aliphatic rings. The van der Waals surface area contributed by atoms with Crippen molar-refractivity contribution in [3.63, 3.8) is 0 Å². The molecule has 0 spiro atoms. The Morgan fingerprint density at radius 2 is 2.15 bits per heavy atom. The summed E-state index contributed by atoms with van der Waals surface area (Å²) >= 11 is 1.28. The molecule has 1 unspecified atom stereocenters. The van der Waals surface area contributed by atoms with Crippen molar-refractivity contribution in [2.75, 3.05) is 13.2 Å². The van der Waals surface area contributed by atoms with E-state index in [-0.39, 0.29) is 17.5 Å². The van der Waals surface area contributed by atoms with Crippen LogP contribution in [0.25, 0.3) is 0 Å². The normalized spacial score (nSPS) is 17.2. The Morgan fingerprint density at radius 3 is 2.78 bits per heavy atom. The second-order valence-electron chi connectivity index (χ2n) is 6.50. The zero-order valence-electron chi connectivity index (χ0n) is 15.3. The van der Waals surface area contributed by atoms with Gasteiger partial charge >= 0.3 is 0 Å². The molecule has 2 aromatic heterocycles. The second-order valence-corrected chi connectivity index (χ2v) is 7.45. The van der Waals surface area contributed by atoms with Gasteiger partial charge in [-0.15, -0.1) is 11.3 Å². The fourth-order valence-electron chi connectivity index (χ4n) is 3.06. The third-order valence-electron chi connectivity index (χ3n) is 4.26. The Labute approximate surface area is 162 Å². The maximum atomic E-state index is 13.0. The molecule has 0 aliphatic carbocycles. The van der Waals surface area contributed by atoms with E-state index in [1.807, 2.05) is 13.8 Å². The number of ether oxygens (including phenoxy) is 1. The first-order valence-electron chi connectivity index (χ1n) is 8.85. The van der Waals surface area contributed by atoms with Crippen LogP contribution < -0.4 is 0 Å². The summed E-state index contributed by atoms with van der Waals surface area (Å²) in [5.74, 6) is -1.38. The SMILES string of the molecule is CC(C)OCCCN1C(=O)C(O)=C(C(=O)c2cccs2)C1c1ccccn1. The number of Topliss-reactive ketones (excluding diaryl/α,β-unsaturated/α-hetero) is 1. The largest absolute Gasteiger partial charge is 0.503 e. The van der Waals surface area contributed by atoms with Crippen molar-refractivity contribution >= 4 is 23.0 Å². The number of rotatable bonds is 8. The number of hydrogen-bond acceptors (Lipinski definition) is 6. The van der Waals surface area contributed by atoms with Gasteiger partial charge < -0.3 is 14.7 Å². The van der Waals surface area contributed by atoms with Crippen molar-refractivity contribution in [3.05, 3.63) is 63.8 Å². The van der Waals surface area contributed by atoms with E-state index < -0.39 is 17.7 Å². The number of ketones is 1. The number of pyridine rings is 1. The molecule has 1 N–H and O–H groups in total. The molecule has 1 amide bonds. The number of carbonyl (C=O) groups excluding carboxylic acids is 2. The molecule has 6 nitrogen and oxygen atoms in total. The molecule has 142 valence electrons. The smallest absolute Gasteiger partial charge is 0.290 e. The number of aliphatic hydroxyl groups is 1. The standard InChI is InChI=1S/C20H22N2O4S/c1-13(2)26-11-6-10-22-17(14-7-3-4-9-21-14)16(19(24)20(22)25)18(23)15-8-5-12-27-15/h3-5,7-9,12-13,17,24H,6,10-11H2,1-2H3. The van der Waals surface area contributed by atoms with Gasteiger partial charge in [-0.2, -0.15) is 0 Å². The van der Waals surface area contributed by atoms with E-state index >= 15 is 0 Å². The topological polar surface area (TPSA) is 79.7 Å². The van der Waals surface area contributed by atoms with Crippen molar-refractivity contribution in [3.8, 4) is 0 Å². The molecule has 3 heterocycles. The molecule has 1 aliphatic heterocycles. The first-order chi connectivity index (χ1) is 13.0. The Balaban J connectivity index is 1.91. The second kappa shape index (κ2) is 8.45. The molecule has 7 heteroatoms. The number of aliphatic hydroxyl groups excluding tert-OH is 1. The number of amides is 1. The first kappa shape index (κ1) is 19.3. The number of aromatic nitrogens is 1. The molecule has 2 aromatic rings. The summed E-state index contributed by atoms with van der Waals surface area (Å²) in [6.45, 7) is 4.75. The Bertz CT molecular complexity index is 831. The van der Waals surface area contributed by atoms with Gasteiger partial charge in [0.05, 0.1) is 22.2 Å². The number of hydrogen-bond donors (Lipinski definition) is 1. The number of thiophene rings is 1. The zero-order chi connectivity index (χ0) is 19.4. The van der Waals surface area contributed by atoms with Gasteiger partial charge in [0.25, 0.3) is 5.91 Å². The minimum Gasteiger partial charge on any atom is -0.503 e. The van der Waals surface area contributed by atoms with Crippen molar-refractivity contribution in [2.24, 2.45) is 0 Å². The van der Waals surface area contributed by atoms with Crippen molar-refractivity contribution in [2.45, 2.75) is 32.4 Å². The van der Waals surface area contributed by atoms with Gasteiger partial charge in [-0.25, -0.2) is 0 Å². The highest BCUT2D eigenvalue weighted by atomic mass is 32.1. The predicted octanol–water partition coefficient (Wildman–Crippen LogP) is 3.54. The lowest BCUT2D eigenvalue weighted by molar-refractivity contribution is -0.129. The molecule has 3 rings (SSSR count). The van der Waals surface area contributed by atoms with Gasteiger partial charge in [0, 0.05) is 19.3 Å². The molecular weight excluding hydrogens is 364 g/mol. The maximum Gasteiger partial charge on any atom is 0.290 e. The van der Waals surface area contributed by atoms with E-state index in [0.717, 1.165) is 0 Å². The lowest BCUT2D eigenvalue weighted by atomic mass is 9.99. The minimum atomic E-state index is -0.702. The van der Waals surface area contributed by atoms with Crippen molar-refractivity contribution in [1.29, 1.82) is 0 Å². The quantitative estimate of drug-likeness (QED) is 0.554. The zero-order valence-corrected chi connectivity index (χ0v) is 16.1. The van der Waals surface area contributed by atoms with Gasteiger partial charge in [-0.1, -0.05) is 12.1 Å². The molecule has 27 heavy (non-hydrogen) atoms. The molecule has 1 atom stereocenters. The average Bonchev–Trinajstić information content (AvgIpc) is 3.28. The molecule has 0 aromatic carbocycles. The van der Waals surface area contributed by atoms with Crippen molar-refractivity contribution < 1.29 is 19.4 Å². The fraction of sp³-hybridized carbons (Fsp3) is 0.350. The Hall–Kier alpha value is -2.51. The first-order valence-corrected chi connectivity index (χ1v) is 9.73. The minimum absolute atomic E-state index is 0.0888. The maximum absolute atomic E-state index is 13.0. The molecule has 0 bridgehead atoms. The van der Waals surface area contributed by atoms with Crippen LogP contribution in [-0.2, 0) is 9.53 Å². The highest BCUT2D eigenvalue weighted by molar-refractivity contribution is 7.12. The van der Waals surface area contributed by atoms with Crippen LogP contribution in [0.5, 0.6) is 0 Å². The van der Waals surface area contributed by atoms with Crippen LogP contribution in [-0.4, -0.2) is 45.9 Å². The van der Waals surface area contributed by atoms with Crippen LogP contribution in [0.1, 0.15) is 41.7 Å². The summed E-state index contributed by atoms with van der Waals surface area (Å²) in [7, 11) is 0. The van der Waals surface area contributed by atoms with E-state index in [9.17, 15) is 14.7 Å². The Morgan fingerprint density at radius 1 is 1.33 bits per heavy atom. The van der Waals surface area contributed by atoms with Crippen molar-refractivity contribution in [1.82, 2.24) is 9.88 Å². The lowest BCUT2D eigenvalue weighted by Crippen LogP contribution is -2.33. The van der Waals surface area contributed by atoms with Gasteiger partial charge in [0.2, 0.25) is 5.78 Å². The summed E-state index contributed by atoms with van der Waals surface area (Å²) in [4.78, 5) is 32.0. The van der Waals surface area contributed by atoms with Gasteiger partial charge in [0.1, 0.15) is 6.04 Å². The molecule has 0 saturated heterocycles. The van der Waals surface area contributed by atoms with E-state index in [4.69, 9.17) is 4.74 Å². The monoisotopic (exact) mass is 386 g/mol. The third kappa shape index (κ3) is 4.09. The third-order valence-corrected chi connectivity index (χ3v) is 5.12. The van der Waals surface area contributed by atoms with E-state index in [2.05, 4.69) is 4.98 Å². The van der Waals surface area contributed by atoms with E-state index in [1.165, 1.54) is 16.2 Å². The van der Waals surface area contributed by atoms with Crippen LogP contribution in [0.4, 0.5) is 0 Å². The lowest BCUT2D eigenvalue weighted by Gasteiger charge is -2.26. The van der Waals surface area contributed by atoms with E-state index in [0.29, 0.717) is 30.1 Å². The molecule has 0 radical (unpaired) electrons. The molecule has 0 saturated carbocycles. The fourth-order valence-corrected chi connectivity index (χ4v) is 3.73. The van der Waals surface area contributed by atoms with Gasteiger partial charge in [-0.05, 0) is 43.8 Å².